The molecule has 4 nitrogen and oxygen atoms in total. The summed E-state index contributed by atoms with van der Waals surface area (Å²) in [5.41, 5.74) is 8.32. The number of primary amides is 1. The Morgan fingerprint density at radius 2 is 1.95 bits per heavy atom. The smallest absolute Gasteiger partial charge is 0.224 e. The second-order valence-corrected chi connectivity index (χ2v) is 5.28. The first-order valence-corrected chi connectivity index (χ1v) is 6.62. The summed E-state index contributed by atoms with van der Waals surface area (Å²) < 4.78 is 1.06. The summed E-state index contributed by atoms with van der Waals surface area (Å²) >= 11 is 1.51. The maximum absolute atomic E-state index is 10.9. The number of carbonyl (C=O) groups excluding carboxylic acids is 1. The number of nitrogens with zero attached hydrogens (tertiary/aromatic N) is 2. The van der Waals surface area contributed by atoms with Gasteiger partial charge in [-0.2, -0.15) is 0 Å². The average molecular weight is 269 g/mol. The van der Waals surface area contributed by atoms with Crippen molar-refractivity contribution in [2.75, 3.05) is 0 Å². The molecular formula is C14H11N3OS. The molecule has 5 heteroatoms. The van der Waals surface area contributed by atoms with Crippen molar-refractivity contribution in [1.29, 1.82) is 0 Å². The van der Waals surface area contributed by atoms with Crippen LogP contribution in [0.4, 0.5) is 0 Å². The SMILES string of the molecule is NC(=O)Cc1nc2ccc(-c3ccncc3)cc2s1. The quantitative estimate of drug-likeness (QED) is 0.793. The highest BCUT2D eigenvalue weighted by atomic mass is 32.1. The molecule has 3 aromatic rings. The van der Waals surface area contributed by atoms with Crippen LogP contribution in [0.3, 0.4) is 0 Å². The van der Waals surface area contributed by atoms with Crippen molar-refractivity contribution in [3.8, 4) is 11.1 Å². The number of carbonyl (C=O) groups is 1. The molecular weight excluding hydrogens is 258 g/mol. The monoisotopic (exact) mass is 269 g/mol. The van der Waals surface area contributed by atoms with Gasteiger partial charge in [0.1, 0.15) is 5.01 Å². The van der Waals surface area contributed by atoms with Crippen LogP contribution in [0.5, 0.6) is 0 Å². The summed E-state index contributed by atoms with van der Waals surface area (Å²) in [7, 11) is 0. The number of rotatable bonds is 3. The Hall–Kier alpha value is -2.27. The van der Waals surface area contributed by atoms with Crippen LogP contribution >= 0.6 is 11.3 Å². The van der Waals surface area contributed by atoms with E-state index in [4.69, 9.17) is 5.73 Å². The molecule has 0 radical (unpaired) electrons. The highest BCUT2D eigenvalue weighted by Gasteiger charge is 2.07. The van der Waals surface area contributed by atoms with E-state index in [1.54, 1.807) is 12.4 Å². The molecule has 0 aliphatic heterocycles. The van der Waals surface area contributed by atoms with Crippen molar-refractivity contribution >= 4 is 27.5 Å². The van der Waals surface area contributed by atoms with Crippen LogP contribution in [0.2, 0.25) is 0 Å². The topological polar surface area (TPSA) is 68.9 Å². The van der Waals surface area contributed by atoms with Crippen LogP contribution in [-0.2, 0) is 11.2 Å². The first-order chi connectivity index (χ1) is 9.22. The number of fused-ring (bicyclic) bond motifs is 1. The molecule has 0 atom stereocenters. The zero-order valence-electron chi connectivity index (χ0n) is 10.0. The van der Waals surface area contributed by atoms with Crippen LogP contribution in [0.15, 0.2) is 42.7 Å². The number of nitrogens with two attached hydrogens (primary N) is 1. The van der Waals surface area contributed by atoms with E-state index in [0.29, 0.717) is 0 Å². The van der Waals surface area contributed by atoms with Crippen molar-refractivity contribution in [1.82, 2.24) is 9.97 Å². The summed E-state index contributed by atoms with van der Waals surface area (Å²) in [4.78, 5) is 19.3. The van der Waals surface area contributed by atoms with Gasteiger partial charge in [0, 0.05) is 12.4 Å². The summed E-state index contributed by atoms with van der Waals surface area (Å²) in [5, 5.41) is 0.759. The van der Waals surface area contributed by atoms with E-state index in [0.717, 1.165) is 26.4 Å². The Kier molecular flexibility index (Phi) is 2.97. The average Bonchev–Trinajstić information content (AvgIpc) is 2.79. The minimum atomic E-state index is -0.353. The third-order valence-corrected chi connectivity index (χ3v) is 3.79. The summed E-state index contributed by atoms with van der Waals surface area (Å²) in [5.74, 6) is -0.353. The second kappa shape index (κ2) is 4.78. The number of benzene rings is 1. The summed E-state index contributed by atoms with van der Waals surface area (Å²) in [6.45, 7) is 0. The second-order valence-electron chi connectivity index (χ2n) is 4.17. The molecule has 0 unspecified atom stereocenters. The Morgan fingerprint density at radius 1 is 1.16 bits per heavy atom. The maximum atomic E-state index is 10.9. The molecule has 0 bridgehead atoms. The largest absolute Gasteiger partial charge is 0.369 e. The number of thiazole rings is 1. The molecule has 1 aromatic carbocycles. The Labute approximate surface area is 113 Å². The predicted octanol–water partition coefficient (Wildman–Crippen LogP) is 2.39. The Bertz CT molecular complexity index is 737. The van der Waals surface area contributed by atoms with Crippen LogP contribution in [0.1, 0.15) is 5.01 Å². The van der Waals surface area contributed by atoms with Crippen LogP contribution < -0.4 is 5.73 Å². The number of pyridine rings is 1. The summed E-state index contributed by atoms with van der Waals surface area (Å²) in [6.07, 6.45) is 3.74. The van der Waals surface area contributed by atoms with Gasteiger partial charge < -0.3 is 5.73 Å². The molecule has 0 fully saturated rings. The molecule has 0 spiro atoms. The lowest BCUT2D eigenvalue weighted by molar-refractivity contribution is -0.117. The molecule has 94 valence electrons. The molecule has 0 aliphatic rings. The minimum absolute atomic E-state index is 0.198. The third kappa shape index (κ3) is 2.46. The molecule has 0 saturated carbocycles. The van der Waals surface area contributed by atoms with Crippen molar-refractivity contribution in [3.05, 3.63) is 47.7 Å². The van der Waals surface area contributed by atoms with Crippen LogP contribution in [0, 0.1) is 0 Å². The molecule has 1 amide bonds. The summed E-state index contributed by atoms with van der Waals surface area (Å²) in [6, 6.07) is 9.99. The van der Waals surface area contributed by atoms with Crippen molar-refractivity contribution < 1.29 is 4.79 Å². The normalized spacial score (nSPS) is 10.7. The van der Waals surface area contributed by atoms with Gasteiger partial charge in [-0.15, -0.1) is 11.3 Å². The highest BCUT2D eigenvalue weighted by Crippen LogP contribution is 2.28. The van der Waals surface area contributed by atoms with Crippen LogP contribution in [-0.4, -0.2) is 15.9 Å². The Balaban J connectivity index is 2.03. The molecule has 3 rings (SSSR count). The van der Waals surface area contributed by atoms with Gasteiger partial charge in [0.2, 0.25) is 5.91 Å². The maximum Gasteiger partial charge on any atom is 0.224 e. The fourth-order valence-corrected chi connectivity index (χ4v) is 2.94. The first-order valence-electron chi connectivity index (χ1n) is 5.80. The number of amides is 1. The van der Waals surface area contributed by atoms with Gasteiger partial charge in [-0.05, 0) is 35.4 Å². The van der Waals surface area contributed by atoms with Crippen LogP contribution in [0.25, 0.3) is 21.3 Å². The number of hydrogen-bond acceptors (Lipinski definition) is 4. The molecule has 19 heavy (non-hydrogen) atoms. The van der Waals surface area contributed by atoms with E-state index in [1.807, 2.05) is 24.3 Å². The van der Waals surface area contributed by atoms with Crippen molar-refractivity contribution in [3.63, 3.8) is 0 Å². The minimum Gasteiger partial charge on any atom is -0.369 e. The predicted molar refractivity (Wildman–Crippen MR) is 75.7 cm³/mol. The van der Waals surface area contributed by atoms with E-state index in [9.17, 15) is 4.79 Å². The molecule has 0 aliphatic carbocycles. The standard InChI is InChI=1S/C14H11N3OS/c15-13(18)8-14-17-11-2-1-10(7-12(11)19-14)9-3-5-16-6-4-9/h1-7H,8H2,(H2,15,18). The van der Waals surface area contributed by atoms with E-state index in [2.05, 4.69) is 16.0 Å². The van der Waals surface area contributed by atoms with E-state index < -0.39 is 0 Å². The molecule has 0 saturated heterocycles. The van der Waals surface area contributed by atoms with Gasteiger partial charge in [-0.3, -0.25) is 9.78 Å². The van der Waals surface area contributed by atoms with Gasteiger partial charge >= 0.3 is 0 Å². The fraction of sp³-hybridized carbons (Fsp3) is 0.0714. The van der Waals surface area contributed by atoms with E-state index in [-0.39, 0.29) is 12.3 Å². The van der Waals surface area contributed by atoms with E-state index in [1.165, 1.54) is 11.3 Å². The lowest BCUT2D eigenvalue weighted by atomic mass is 10.1. The molecule has 2 aromatic heterocycles. The fourth-order valence-electron chi connectivity index (χ4n) is 1.92. The lowest BCUT2D eigenvalue weighted by Gasteiger charge is -1.99. The zero-order valence-corrected chi connectivity index (χ0v) is 10.9. The molecule has 2 N–H and O–H groups in total. The van der Waals surface area contributed by atoms with Gasteiger partial charge in [-0.1, -0.05) is 6.07 Å². The highest BCUT2D eigenvalue weighted by molar-refractivity contribution is 7.18. The number of hydrogen-bond donors (Lipinski definition) is 1. The third-order valence-electron chi connectivity index (χ3n) is 2.77. The van der Waals surface area contributed by atoms with Gasteiger partial charge in [0.25, 0.3) is 0 Å². The van der Waals surface area contributed by atoms with Gasteiger partial charge in [0.15, 0.2) is 0 Å². The first kappa shape index (κ1) is 11.8. The lowest BCUT2D eigenvalue weighted by Crippen LogP contribution is -2.13. The molecule has 2 heterocycles. The van der Waals surface area contributed by atoms with Gasteiger partial charge in [-0.25, -0.2) is 4.98 Å². The Morgan fingerprint density at radius 3 is 2.68 bits per heavy atom. The van der Waals surface area contributed by atoms with Crippen molar-refractivity contribution in [2.24, 2.45) is 5.73 Å². The number of aromatic nitrogens is 2. The van der Waals surface area contributed by atoms with Gasteiger partial charge in [0.05, 0.1) is 16.6 Å². The van der Waals surface area contributed by atoms with E-state index >= 15 is 0 Å². The van der Waals surface area contributed by atoms with Crippen molar-refractivity contribution in [2.45, 2.75) is 6.42 Å². The zero-order chi connectivity index (χ0) is 13.2.